The van der Waals surface area contributed by atoms with Gasteiger partial charge in [0, 0.05) is 6.04 Å². The maximum absolute atomic E-state index is 12.7. The predicted octanol–water partition coefficient (Wildman–Crippen LogP) is 4.06. The molecule has 0 bridgehead atoms. The highest BCUT2D eigenvalue weighted by Crippen LogP contribution is 2.38. The van der Waals surface area contributed by atoms with E-state index in [2.05, 4.69) is 0 Å². The lowest BCUT2D eigenvalue weighted by atomic mass is 9.81. The third-order valence-electron chi connectivity index (χ3n) is 2.95. The summed E-state index contributed by atoms with van der Waals surface area (Å²) in [6, 6.07) is 3.76. The molecule has 0 radical (unpaired) electrons. The van der Waals surface area contributed by atoms with Crippen LogP contribution in [0.2, 0.25) is 0 Å². The summed E-state index contributed by atoms with van der Waals surface area (Å²) in [6.45, 7) is 7.22. The van der Waals surface area contributed by atoms with E-state index in [9.17, 15) is 13.2 Å². The molecule has 4 heteroatoms. The summed E-state index contributed by atoms with van der Waals surface area (Å²) in [5.41, 5.74) is 5.93. The summed E-state index contributed by atoms with van der Waals surface area (Å²) in [4.78, 5) is 0. The van der Waals surface area contributed by atoms with Gasteiger partial charge in [0.1, 0.15) is 0 Å². The van der Waals surface area contributed by atoms with Crippen molar-refractivity contribution in [2.24, 2.45) is 11.1 Å². The highest BCUT2D eigenvalue weighted by molar-refractivity contribution is 5.38. The van der Waals surface area contributed by atoms with E-state index in [1.165, 1.54) is 13.0 Å². The van der Waals surface area contributed by atoms with Gasteiger partial charge in [-0.05, 0) is 29.5 Å². The van der Waals surface area contributed by atoms with Crippen molar-refractivity contribution < 1.29 is 13.2 Å². The number of nitrogens with two attached hydrogens (primary N) is 1. The van der Waals surface area contributed by atoms with Crippen LogP contribution in [0.15, 0.2) is 18.2 Å². The van der Waals surface area contributed by atoms with Gasteiger partial charge in [-0.15, -0.1) is 0 Å². The van der Waals surface area contributed by atoms with E-state index in [4.69, 9.17) is 5.73 Å². The summed E-state index contributed by atoms with van der Waals surface area (Å²) in [5.74, 6) is 0. The first-order valence-corrected chi connectivity index (χ1v) is 5.47. The van der Waals surface area contributed by atoms with Crippen LogP contribution >= 0.6 is 0 Å². The molecule has 0 spiro atoms. The molecule has 0 unspecified atom stereocenters. The molecular weight excluding hydrogens is 227 g/mol. The molecule has 1 atom stereocenters. The number of rotatable bonds is 1. The van der Waals surface area contributed by atoms with E-state index in [1.54, 1.807) is 6.07 Å². The lowest BCUT2D eigenvalue weighted by Gasteiger charge is -2.29. The molecule has 0 aliphatic rings. The van der Waals surface area contributed by atoms with Gasteiger partial charge in [-0.1, -0.05) is 32.9 Å². The average molecular weight is 245 g/mol. The van der Waals surface area contributed by atoms with Crippen LogP contribution in [0.1, 0.15) is 43.5 Å². The van der Waals surface area contributed by atoms with E-state index in [0.717, 1.165) is 6.07 Å². The van der Waals surface area contributed by atoms with Crippen LogP contribution in [0.5, 0.6) is 0 Å². The average Bonchev–Trinajstić information content (AvgIpc) is 2.13. The maximum atomic E-state index is 12.7. The second kappa shape index (κ2) is 4.33. The molecule has 1 nitrogen and oxygen atoms in total. The molecular formula is C13H18F3N. The van der Waals surface area contributed by atoms with Crippen molar-refractivity contribution in [1.29, 1.82) is 0 Å². The minimum absolute atomic E-state index is 0.224. The second-order valence-electron chi connectivity index (χ2n) is 5.36. The summed E-state index contributed by atoms with van der Waals surface area (Å²) in [7, 11) is 0. The van der Waals surface area contributed by atoms with Crippen LogP contribution in [0.4, 0.5) is 13.2 Å². The molecule has 1 rings (SSSR count). The van der Waals surface area contributed by atoms with Gasteiger partial charge in [-0.3, -0.25) is 0 Å². The second-order valence-corrected chi connectivity index (χ2v) is 5.36. The summed E-state index contributed by atoms with van der Waals surface area (Å²) >= 11 is 0. The number of hydrogen-bond acceptors (Lipinski definition) is 1. The Bertz CT molecular complexity index is 402. The molecule has 1 aromatic carbocycles. The smallest absolute Gasteiger partial charge is 0.324 e. The molecule has 0 saturated carbocycles. The zero-order valence-electron chi connectivity index (χ0n) is 10.5. The van der Waals surface area contributed by atoms with Gasteiger partial charge in [-0.2, -0.15) is 13.2 Å². The summed E-state index contributed by atoms with van der Waals surface area (Å²) in [5, 5.41) is 0. The van der Waals surface area contributed by atoms with Crippen molar-refractivity contribution in [3.05, 3.63) is 34.9 Å². The molecule has 1 aromatic rings. The minimum Gasteiger partial charge on any atom is -0.324 e. The van der Waals surface area contributed by atoms with Crippen LogP contribution in [0.3, 0.4) is 0 Å². The fourth-order valence-corrected chi connectivity index (χ4v) is 1.76. The van der Waals surface area contributed by atoms with E-state index >= 15 is 0 Å². The Hall–Kier alpha value is -1.03. The lowest BCUT2D eigenvalue weighted by Crippen LogP contribution is -2.27. The van der Waals surface area contributed by atoms with Crippen molar-refractivity contribution >= 4 is 0 Å². The van der Waals surface area contributed by atoms with E-state index < -0.39 is 17.8 Å². The van der Waals surface area contributed by atoms with Gasteiger partial charge in [0.2, 0.25) is 0 Å². The monoisotopic (exact) mass is 245 g/mol. The molecule has 0 aromatic heterocycles. The first kappa shape index (κ1) is 14.0. The lowest BCUT2D eigenvalue weighted by molar-refractivity contribution is -0.138. The largest absolute Gasteiger partial charge is 0.416 e. The topological polar surface area (TPSA) is 26.0 Å². The van der Waals surface area contributed by atoms with Gasteiger partial charge in [-0.25, -0.2) is 0 Å². The molecule has 0 heterocycles. The number of hydrogen-bond donors (Lipinski definition) is 1. The van der Waals surface area contributed by atoms with Crippen molar-refractivity contribution in [3.8, 4) is 0 Å². The Morgan fingerprint density at radius 1 is 1.12 bits per heavy atom. The summed E-state index contributed by atoms with van der Waals surface area (Å²) in [6.07, 6.45) is -4.32. The molecule has 0 aliphatic carbocycles. The standard InChI is InChI=1S/C13H18F3N/c1-8-9(11(17)12(2,3)4)6-5-7-10(8)13(14,15)16/h5-7,11H,17H2,1-4H3/t11-/m0/s1. The third-order valence-corrected chi connectivity index (χ3v) is 2.95. The van der Waals surface area contributed by atoms with Crippen LogP contribution in [-0.4, -0.2) is 0 Å². The number of halogens is 3. The molecule has 17 heavy (non-hydrogen) atoms. The molecule has 0 fully saturated rings. The summed E-state index contributed by atoms with van der Waals surface area (Å²) < 4.78 is 38.2. The third kappa shape index (κ3) is 3.00. The highest BCUT2D eigenvalue weighted by Gasteiger charge is 2.34. The number of alkyl halides is 3. The maximum Gasteiger partial charge on any atom is 0.416 e. The van der Waals surface area contributed by atoms with E-state index in [0.29, 0.717) is 5.56 Å². The Labute approximate surface area is 99.8 Å². The highest BCUT2D eigenvalue weighted by atomic mass is 19.4. The van der Waals surface area contributed by atoms with Gasteiger partial charge in [0.25, 0.3) is 0 Å². The molecule has 0 aliphatic heterocycles. The van der Waals surface area contributed by atoms with Crippen LogP contribution in [0, 0.1) is 12.3 Å². The predicted molar refractivity (Wildman–Crippen MR) is 62.6 cm³/mol. The van der Waals surface area contributed by atoms with Gasteiger partial charge in [0.15, 0.2) is 0 Å². The van der Waals surface area contributed by atoms with E-state index in [-0.39, 0.29) is 11.0 Å². The Morgan fingerprint density at radius 3 is 2.06 bits per heavy atom. The fraction of sp³-hybridized carbons (Fsp3) is 0.538. The fourth-order valence-electron chi connectivity index (χ4n) is 1.76. The van der Waals surface area contributed by atoms with Crippen LogP contribution in [0.25, 0.3) is 0 Å². The van der Waals surface area contributed by atoms with Crippen molar-refractivity contribution in [3.63, 3.8) is 0 Å². The van der Waals surface area contributed by atoms with Gasteiger partial charge >= 0.3 is 6.18 Å². The zero-order chi connectivity index (χ0) is 13.4. The quantitative estimate of drug-likeness (QED) is 0.793. The minimum atomic E-state index is -4.32. The van der Waals surface area contributed by atoms with Crippen molar-refractivity contribution in [1.82, 2.24) is 0 Å². The molecule has 0 amide bonds. The zero-order valence-corrected chi connectivity index (χ0v) is 10.5. The Kier molecular flexibility index (Phi) is 3.58. The van der Waals surface area contributed by atoms with E-state index in [1.807, 2.05) is 20.8 Å². The Balaban J connectivity index is 3.30. The van der Waals surface area contributed by atoms with Gasteiger partial charge in [0.05, 0.1) is 5.56 Å². The van der Waals surface area contributed by atoms with Crippen LogP contribution in [-0.2, 0) is 6.18 Å². The Morgan fingerprint density at radius 2 is 1.65 bits per heavy atom. The molecule has 96 valence electrons. The number of benzene rings is 1. The van der Waals surface area contributed by atoms with Crippen LogP contribution < -0.4 is 5.73 Å². The SMILES string of the molecule is Cc1c([C@H](N)C(C)(C)C)cccc1C(F)(F)F. The van der Waals surface area contributed by atoms with Crippen molar-refractivity contribution in [2.45, 2.75) is 39.9 Å². The van der Waals surface area contributed by atoms with Crippen molar-refractivity contribution in [2.75, 3.05) is 0 Å². The first-order valence-electron chi connectivity index (χ1n) is 5.47. The van der Waals surface area contributed by atoms with Gasteiger partial charge < -0.3 is 5.73 Å². The molecule has 0 saturated heterocycles. The normalized spacial score (nSPS) is 14.8. The first-order chi connectivity index (χ1) is 7.55. The molecule has 2 N–H and O–H groups in total.